The average Bonchev–Trinajstić information content (AvgIpc) is 3.50. The maximum Gasteiger partial charge on any atom is 0.271 e. The molecule has 5 rings (SSSR count). The van der Waals surface area contributed by atoms with Crippen molar-refractivity contribution in [1.29, 1.82) is 0 Å². The molecular formula is C29H23BrClN5OS. The van der Waals surface area contributed by atoms with Crippen molar-refractivity contribution < 1.29 is 4.79 Å². The van der Waals surface area contributed by atoms with Gasteiger partial charge in [0.1, 0.15) is 0 Å². The van der Waals surface area contributed by atoms with E-state index in [0.717, 1.165) is 49.2 Å². The third kappa shape index (κ3) is 5.88. The predicted octanol–water partition coefficient (Wildman–Crippen LogP) is 8.14. The van der Waals surface area contributed by atoms with Crippen molar-refractivity contribution in [3.63, 3.8) is 0 Å². The Bertz CT molecular complexity index is 1610. The molecule has 190 valence electrons. The van der Waals surface area contributed by atoms with Gasteiger partial charge >= 0.3 is 0 Å². The maximum atomic E-state index is 12.7. The summed E-state index contributed by atoms with van der Waals surface area (Å²) in [5, 5.41) is 10.9. The van der Waals surface area contributed by atoms with Gasteiger partial charge in [0.2, 0.25) is 0 Å². The van der Waals surface area contributed by atoms with Crippen LogP contribution in [0.3, 0.4) is 0 Å². The van der Waals surface area contributed by atoms with Gasteiger partial charge in [0, 0.05) is 54.3 Å². The lowest BCUT2D eigenvalue weighted by Crippen LogP contribution is -2.17. The van der Waals surface area contributed by atoms with Crippen LogP contribution in [-0.2, 0) is 0 Å². The van der Waals surface area contributed by atoms with Gasteiger partial charge in [0.15, 0.2) is 5.13 Å². The zero-order valence-corrected chi connectivity index (χ0v) is 23.7. The van der Waals surface area contributed by atoms with Gasteiger partial charge in [-0.2, -0.15) is 5.10 Å². The Kier molecular flexibility index (Phi) is 7.74. The Morgan fingerprint density at radius 2 is 1.74 bits per heavy atom. The molecule has 3 aromatic carbocycles. The minimum Gasteiger partial charge on any atom is -0.332 e. The normalized spacial score (nSPS) is 11.2. The largest absolute Gasteiger partial charge is 0.332 e. The SMILES string of the molecule is Cc1cc(/C=N\NC(=O)c2ccc(-c3csc(Nc4ccc(Cl)cc4)n3)cc2)c(C)n1-c1ccc(Br)cc1. The summed E-state index contributed by atoms with van der Waals surface area (Å²) in [6.07, 6.45) is 1.68. The zero-order chi connectivity index (χ0) is 26.6. The Labute approximate surface area is 238 Å². The number of carbonyl (C=O) groups is 1. The standard InChI is InChI=1S/C29H23BrClN5OS/c1-18-15-22(19(2)36(18)26-13-7-23(30)8-14-26)16-32-35-28(37)21-5-3-20(4-6-21)27-17-38-29(34-27)33-25-11-9-24(31)10-12-25/h3-17H,1-2H3,(H,33,34)(H,35,37)/b32-16-. The number of thiazole rings is 1. The van der Waals surface area contributed by atoms with E-state index in [2.05, 4.69) is 53.5 Å². The van der Waals surface area contributed by atoms with Crippen molar-refractivity contribution in [2.45, 2.75) is 13.8 Å². The van der Waals surface area contributed by atoms with Gasteiger partial charge in [0.25, 0.3) is 5.91 Å². The van der Waals surface area contributed by atoms with E-state index in [1.54, 1.807) is 18.3 Å². The molecule has 0 aliphatic rings. The minimum atomic E-state index is -0.280. The van der Waals surface area contributed by atoms with Crippen LogP contribution in [0.1, 0.15) is 27.3 Å². The van der Waals surface area contributed by atoms with Crippen molar-refractivity contribution in [2.75, 3.05) is 5.32 Å². The van der Waals surface area contributed by atoms with Crippen molar-refractivity contribution in [2.24, 2.45) is 5.10 Å². The molecule has 0 saturated heterocycles. The summed E-state index contributed by atoms with van der Waals surface area (Å²) < 4.78 is 3.19. The van der Waals surface area contributed by atoms with E-state index in [1.807, 2.05) is 73.8 Å². The number of aromatic nitrogens is 2. The molecule has 0 unspecified atom stereocenters. The first-order valence-corrected chi connectivity index (χ1v) is 13.8. The number of amides is 1. The lowest BCUT2D eigenvalue weighted by Gasteiger charge is -2.09. The van der Waals surface area contributed by atoms with Crippen molar-refractivity contribution in [1.82, 2.24) is 15.0 Å². The molecule has 0 aliphatic carbocycles. The number of anilines is 2. The summed E-state index contributed by atoms with van der Waals surface area (Å²) in [6.45, 7) is 4.08. The monoisotopic (exact) mass is 603 g/mol. The minimum absolute atomic E-state index is 0.280. The smallest absolute Gasteiger partial charge is 0.271 e. The van der Waals surface area contributed by atoms with Gasteiger partial charge in [0.05, 0.1) is 11.9 Å². The Morgan fingerprint density at radius 1 is 1.03 bits per heavy atom. The summed E-state index contributed by atoms with van der Waals surface area (Å²) in [6, 6.07) is 24.9. The lowest BCUT2D eigenvalue weighted by molar-refractivity contribution is 0.0955. The highest BCUT2D eigenvalue weighted by molar-refractivity contribution is 9.10. The Morgan fingerprint density at radius 3 is 2.45 bits per heavy atom. The fourth-order valence-electron chi connectivity index (χ4n) is 4.04. The van der Waals surface area contributed by atoms with Crippen molar-refractivity contribution in [3.8, 4) is 16.9 Å². The molecule has 1 amide bonds. The lowest BCUT2D eigenvalue weighted by atomic mass is 10.1. The van der Waals surface area contributed by atoms with Gasteiger partial charge in [-0.15, -0.1) is 11.3 Å². The number of hydrogen-bond acceptors (Lipinski definition) is 5. The van der Waals surface area contributed by atoms with E-state index in [4.69, 9.17) is 11.6 Å². The number of hydrogen-bond donors (Lipinski definition) is 2. The molecule has 5 aromatic rings. The van der Waals surface area contributed by atoms with Gasteiger partial charge in [-0.25, -0.2) is 10.4 Å². The summed E-state index contributed by atoms with van der Waals surface area (Å²) in [4.78, 5) is 17.3. The third-order valence-corrected chi connectivity index (χ3v) is 7.51. The second kappa shape index (κ2) is 11.3. The van der Waals surface area contributed by atoms with Gasteiger partial charge < -0.3 is 9.88 Å². The number of halogens is 2. The van der Waals surface area contributed by atoms with Crippen LogP contribution in [0.25, 0.3) is 16.9 Å². The maximum absolute atomic E-state index is 12.7. The van der Waals surface area contributed by atoms with E-state index in [-0.39, 0.29) is 5.91 Å². The molecule has 0 spiro atoms. The van der Waals surface area contributed by atoms with Crippen LogP contribution in [0, 0.1) is 13.8 Å². The van der Waals surface area contributed by atoms with Crippen LogP contribution in [0.15, 0.2) is 93.8 Å². The topological polar surface area (TPSA) is 71.3 Å². The van der Waals surface area contributed by atoms with Crippen LogP contribution in [0.4, 0.5) is 10.8 Å². The molecule has 2 N–H and O–H groups in total. The van der Waals surface area contributed by atoms with Crippen molar-refractivity contribution >= 4 is 61.8 Å². The molecule has 38 heavy (non-hydrogen) atoms. The Hall–Kier alpha value is -3.72. The van der Waals surface area contributed by atoms with E-state index in [0.29, 0.717) is 10.6 Å². The molecule has 2 heterocycles. The number of benzene rings is 3. The van der Waals surface area contributed by atoms with Crippen LogP contribution in [0.5, 0.6) is 0 Å². The average molecular weight is 605 g/mol. The van der Waals surface area contributed by atoms with E-state index < -0.39 is 0 Å². The number of nitrogens with zero attached hydrogens (tertiary/aromatic N) is 3. The highest BCUT2D eigenvalue weighted by Gasteiger charge is 2.11. The first kappa shape index (κ1) is 25.9. The number of nitrogens with one attached hydrogen (secondary N) is 2. The van der Waals surface area contributed by atoms with Crippen LogP contribution < -0.4 is 10.7 Å². The van der Waals surface area contributed by atoms with Crippen LogP contribution in [-0.4, -0.2) is 21.7 Å². The fourth-order valence-corrected chi connectivity index (χ4v) is 5.17. The first-order chi connectivity index (χ1) is 18.4. The van der Waals surface area contributed by atoms with Crippen molar-refractivity contribution in [3.05, 3.63) is 116 Å². The molecule has 2 aromatic heterocycles. The van der Waals surface area contributed by atoms with E-state index in [1.165, 1.54) is 11.3 Å². The highest BCUT2D eigenvalue weighted by Crippen LogP contribution is 2.28. The van der Waals surface area contributed by atoms with Gasteiger partial charge in [-0.1, -0.05) is 39.7 Å². The molecule has 9 heteroatoms. The first-order valence-electron chi connectivity index (χ1n) is 11.7. The summed E-state index contributed by atoms with van der Waals surface area (Å²) in [7, 11) is 0. The molecule has 0 bridgehead atoms. The summed E-state index contributed by atoms with van der Waals surface area (Å²) in [5.41, 5.74) is 9.94. The summed E-state index contributed by atoms with van der Waals surface area (Å²) >= 11 is 10.9. The molecular weight excluding hydrogens is 582 g/mol. The van der Waals surface area contributed by atoms with Crippen LogP contribution >= 0.6 is 38.9 Å². The molecule has 0 aliphatic heterocycles. The van der Waals surface area contributed by atoms with Gasteiger partial charge in [-0.3, -0.25) is 4.79 Å². The quantitative estimate of drug-likeness (QED) is 0.145. The predicted molar refractivity (Wildman–Crippen MR) is 160 cm³/mol. The second-order valence-corrected chi connectivity index (χ2v) is 10.8. The number of rotatable bonds is 7. The molecule has 0 fully saturated rings. The third-order valence-electron chi connectivity index (χ3n) is 5.97. The molecule has 6 nitrogen and oxygen atoms in total. The second-order valence-electron chi connectivity index (χ2n) is 8.58. The molecule has 0 atom stereocenters. The highest BCUT2D eigenvalue weighted by atomic mass is 79.9. The van der Waals surface area contributed by atoms with Gasteiger partial charge in [-0.05, 0) is 80.6 Å². The summed E-state index contributed by atoms with van der Waals surface area (Å²) in [5.74, 6) is -0.280. The van der Waals surface area contributed by atoms with E-state index >= 15 is 0 Å². The number of hydrazone groups is 1. The number of carbonyl (C=O) groups excluding carboxylic acids is 1. The fraction of sp³-hybridized carbons (Fsp3) is 0.0690. The van der Waals surface area contributed by atoms with E-state index in [9.17, 15) is 4.79 Å². The number of aryl methyl sites for hydroxylation is 1. The molecule has 0 radical (unpaired) electrons. The Balaban J connectivity index is 1.22. The van der Waals surface area contributed by atoms with Crippen LogP contribution in [0.2, 0.25) is 5.02 Å². The zero-order valence-electron chi connectivity index (χ0n) is 20.6. The molecule has 0 saturated carbocycles.